The molecule has 5 nitrogen and oxygen atoms in total. The number of hydrogen-bond acceptors (Lipinski definition) is 2. The van der Waals surface area contributed by atoms with Crippen LogP contribution < -0.4 is 10.6 Å². The van der Waals surface area contributed by atoms with Crippen molar-refractivity contribution >= 4 is 17.5 Å². The maximum Gasteiger partial charge on any atom is 0.260 e. The molecule has 0 spiro atoms. The summed E-state index contributed by atoms with van der Waals surface area (Å²) in [4.78, 5) is 26.4. The molecule has 1 aromatic heterocycles. The zero-order valence-corrected chi connectivity index (χ0v) is 13.5. The van der Waals surface area contributed by atoms with Crippen LogP contribution in [-0.2, 0) is 19.9 Å². The number of anilines is 1. The molecule has 2 heterocycles. The Morgan fingerprint density at radius 1 is 1.22 bits per heavy atom. The summed E-state index contributed by atoms with van der Waals surface area (Å²) in [5.74, 6) is -0.449. The van der Waals surface area contributed by atoms with Gasteiger partial charge in [-0.15, -0.1) is 0 Å². The van der Waals surface area contributed by atoms with Crippen molar-refractivity contribution in [2.24, 2.45) is 12.8 Å². The van der Waals surface area contributed by atoms with Gasteiger partial charge in [0, 0.05) is 36.7 Å². The average molecular weight is 311 g/mol. The van der Waals surface area contributed by atoms with Crippen molar-refractivity contribution in [3.63, 3.8) is 0 Å². The molecule has 0 fully saturated rings. The van der Waals surface area contributed by atoms with E-state index in [1.807, 2.05) is 36.9 Å². The lowest BCUT2D eigenvalue weighted by Crippen LogP contribution is -2.36. The van der Waals surface area contributed by atoms with Gasteiger partial charge in [0.05, 0.1) is 5.56 Å². The van der Waals surface area contributed by atoms with Crippen LogP contribution in [0, 0.1) is 0 Å². The number of carbonyl (C=O) groups is 2. The van der Waals surface area contributed by atoms with Crippen LogP contribution in [0.3, 0.4) is 0 Å². The van der Waals surface area contributed by atoms with Gasteiger partial charge in [-0.1, -0.05) is 13.0 Å². The Morgan fingerprint density at radius 2 is 2.00 bits per heavy atom. The molecule has 0 unspecified atom stereocenters. The first-order valence-electron chi connectivity index (χ1n) is 7.92. The van der Waals surface area contributed by atoms with E-state index in [9.17, 15) is 9.59 Å². The SMILES string of the molecule is CCc1c(C(=O)N2CCCc3c(C(N)=O)cccc32)ccn1C. The number of aromatic nitrogens is 1. The molecule has 23 heavy (non-hydrogen) atoms. The minimum atomic E-state index is -0.440. The second-order valence-corrected chi connectivity index (χ2v) is 5.87. The first-order valence-corrected chi connectivity index (χ1v) is 7.92. The van der Waals surface area contributed by atoms with E-state index in [-0.39, 0.29) is 5.91 Å². The number of nitrogens with zero attached hydrogens (tertiary/aromatic N) is 2. The van der Waals surface area contributed by atoms with Crippen molar-refractivity contribution < 1.29 is 9.59 Å². The summed E-state index contributed by atoms with van der Waals surface area (Å²) in [5.41, 5.74) is 9.43. The van der Waals surface area contributed by atoms with E-state index in [1.165, 1.54) is 0 Å². The van der Waals surface area contributed by atoms with Gasteiger partial charge >= 0.3 is 0 Å². The fourth-order valence-corrected chi connectivity index (χ4v) is 3.41. The number of aryl methyl sites for hydroxylation is 1. The molecule has 1 aliphatic rings. The minimum absolute atomic E-state index is 0.00924. The number of carbonyl (C=O) groups excluding carboxylic acids is 2. The quantitative estimate of drug-likeness (QED) is 0.945. The van der Waals surface area contributed by atoms with Crippen molar-refractivity contribution in [1.29, 1.82) is 0 Å². The third-order valence-electron chi connectivity index (χ3n) is 4.53. The number of amides is 2. The predicted octanol–water partition coefficient (Wildman–Crippen LogP) is 2.28. The predicted molar refractivity (Wildman–Crippen MR) is 89.7 cm³/mol. The molecule has 0 radical (unpaired) electrons. The molecule has 0 saturated heterocycles. The van der Waals surface area contributed by atoms with Crippen LogP contribution >= 0.6 is 0 Å². The fraction of sp³-hybridized carbons (Fsp3) is 0.333. The number of primary amides is 1. The highest BCUT2D eigenvalue weighted by Gasteiger charge is 2.27. The summed E-state index contributed by atoms with van der Waals surface area (Å²) in [6.45, 7) is 2.70. The van der Waals surface area contributed by atoms with E-state index < -0.39 is 5.91 Å². The van der Waals surface area contributed by atoms with Gasteiger partial charge in [-0.05, 0) is 43.0 Å². The van der Waals surface area contributed by atoms with Gasteiger partial charge in [0.2, 0.25) is 5.91 Å². The molecule has 0 saturated carbocycles. The molecule has 1 aliphatic heterocycles. The largest absolute Gasteiger partial charge is 0.366 e. The highest BCUT2D eigenvalue weighted by Crippen LogP contribution is 2.31. The lowest BCUT2D eigenvalue weighted by molar-refractivity contribution is 0.0976. The lowest BCUT2D eigenvalue weighted by Gasteiger charge is -2.30. The summed E-state index contributed by atoms with van der Waals surface area (Å²) in [5, 5.41) is 0. The van der Waals surface area contributed by atoms with E-state index in [0.717, 1.165) is 41.8 Å². The maximum atomic E-state index is 13.0. The standard InChI is InChI=1S/C18H21N3O2/c1-3-15-14(9-11-20(15)2)18(23)21-10-5-7-12-13(17(19)22)6-4-8-16(12)21/h4,6,8-9,11H,3,5,7,10H2,1-2H3,(H2,19,22). The molecule has 0 bridgehead atoms. The summed E-state index contributed by atoms with van der Waals surface area (Å²) in [6, 6.07) is 7.28. The number of rotatable bonds is 3. The zero-order valence-electron chi connectivity index (χ0n) is 13.5. The van der Waals surface area contributed by atoms with Crippen molar-refractivity contribution in [2.45, 2.75) is 26.2 Å². The van der Waals surface area contributed by atoms with E-state index in [4.69, 9.17) is 5.73 Å². The van der Waals surface area contributed by atoms with Crippen LogP contribution in [0.15, 0.2) is 30.5 Å². The number of benzene rings is 1. The molecule has 5 heteroatoms. The second kappa shape index (κ2) is 5.91. The molecule has 2 aromatic rings. The van der Waals surface area contributed by atoms with Crippen LogP contribution in [0.5, 0.6) is 0 Å². The topological polar surface area (TPSA) is 68.3 Å². The minimum Gasteiger partial charge on any atom is -0.366 e. The van der Waals surface area contributed by atoms with E-state index in [0.29, 0.717) is 12.1 Å². The van der Waals surface area contributed by atoms with Crippen molar-refractivity contribution in [1.82, 2.24) is 4.57 Å². The molecule has 1 aromatic carbocycles. The molecule has 120 valence electrons. The summed E-state index contributed by atoms with van der Waals surface area (Å²) >= 11 is 0. The van der Waals surface area contributed by atoms with E-state index in [2.05, 4.69) is 0 Å². The van der Waals surface area contributed by atoms with Crippen LogP contribution in [-0.4, -0.2) is 22.9 Å². The Hall–Kier alpha value is -2.56. The fourth-order valence-electron chi connectivity index (χ4n) is 3.41. The zero-order chi connectivity index (χ0) is 16.6. The van der Waals surface area contributed by atoms with Gasteiger partial charge in [-0.25, -0.2) is 0 Å². The average Bonchev–Trinajstić information content (AvgIpc) is 2.93. The summed E-state index contributed by atoms with van der Waals surface area (Å²) < 4.78 is 1.98. The first-order chi connectivity index (χ1) is 11.0. The van der Waals surface area contributed by atoms with Gasteiger partial charge in [0.25, 0.3) is 5.91 Å². The van der Waals surface area contributed by atoms with Crippen molar-refractivity contribution in [3.8, 4) is 0 Å². The lowest BCUT2D eigenvalue weighted by atomic mass is 9.95. The van der Waals surface area contributed by atoms with Gasteiger partial charge in [0.15, 0.2) is 0 Å². The van der Waals surface area contributed by atoms with Crippen molar-refractivity contribution in [3.05, 3.63) is 52.8 Å². The number of fused-ring (bicyclic) bond motifs is 1. The van der Waals surface area contributed by atoms with Crippen LogP contribution in [0.1, 0.15) is 45.3 Å². The van der Waals surface area contributed by atoms with Crippen molar-refractivity contribution in [2.75, 3.05) is 11.4 Å². The van der Waals surface area contributed by atoms with Crippen LogP contribution in [0.4, 0.5) is 5.69 Å². The molecular formula is C18H21N3O2. The van der Waals surface area contributed by atoms with E-state index in [1.54, 1.807) is 17.0 Å². The third kappa shape index (κ3) is 2.52. The Morgan fingerprint density at radius 3 is 2.70 bits per heavy atom. The normalized spacial score (nSPS) is 13.7. The molecule has 0 aliphatic carbocycles. The Kier molecular flexibility index (Phi) is 3.94. The monoisotopic (exact) mass is 311 g/mol. The first kappa shape index (κ1) is 15.3. The van der Waals surface area contributed by atoms with Gasteiger partial charge in [-0.2, -0.15) is 0 Å². The summed E-state index contributed by atoms with van der Waals surface area (Å²) in [7, 11) is 1.95. The second-order valence-electron chi connectivity index (χ2n) is 5.87. The number of nitrogens with two attached hydrogens (primary N) is 1. The van der Waals surface area contributed by atoms with Gasteiger partial charge in [0.1, 0.15) is 0 Å². The number of hydrogen-bond donors (Lipinski definition) is 1. The van der Waals surface area contributed by atoms with Gasteiger partial charge in [-0.3, -0.25) is 9.59 Å². The molecule has 3 rings (SSSR count). The Labute approximate surface area is 135 Å². The Balaban J connectivity index is 2.05. The van der Waals surface area contributed by atoms with Crippen LogP contribution in [0.2, 0.25) is 0 Å². The molecule has 2 amide bonds. The van der Waals surface area contributed by atoms with Gasteiger partial charge < -0.3 is 15.2 Å². The molecule has 2 N–H and O–H groups in total. The smallest absolute Gasteiger partial charge is 0.260 e. The molecular weight excluding hydrogens is 290 g/mol. The highest BCUT2D eigenvalue weighted by atomic mass is 16.2. The molecule has 0 atom stereocenters. The maximum absolute atomic E-state index is 13.0. The Bertz CT molecular complexity index is 777. The third-order valence-corrected chi connectivity index (χ3v) is 4.53. The summed E-state index contributed by atoms with van der Waals surface area (Å²) in [6.07, 6.45) is 4.31. The van der Waals surface area contributed by atoms with E-state index >= 15 is 0 Å². The highest BCUT2D eigenvalue weighted by molar-refractivity contribution is 6.08. The van der Waals surface area contributed by atoms with Crippen LogP contribution in [0.25, 0.3) is 0 Å².